The van der Waals surface area contributed by atoms with Gasteiger partial charge in [-0.15, -0.1) is 0 Å². The lowest BCUT2D eigenvalue weighted by Gasteiger charge is -2.13. The number of aromatic nitrogens is 3. The Kier molecular flexibility index (Phi) is 4.32. The van der Waals surface area contributed by atoms with Crippen LogP contribution in [-0.2, 0) is 6.42 Å². The average molecular weight is 353 g/mol. The van der Waals surface area contributed by atoms with Gasteiger partial charge in [-0.05, 0) is 46.5 Å². The van der Waals surface area contributed by atoms with E-state index < -0.39 is 0 Å². The number of rotatable bonds is 3. The lowest BCUT2D eigenvalue weighted by molar-refractivity contribution is 0.681. The fraction of sp³-hybridized carbons (Fsp3) is 0.400. The molecule has 1 aliphatic rings. The maximum Gasteiger partial charge on any atom is 0.147 e. The molecular formula is C15H15BrClN3. The third-order valence-corrected chi connectivity index (χ3v) is 5.02. The Labute approximate surface area is 132 Å². The monoisotopic (exact) mass is 351 g/mol. The van der Waals surface area contributed by atoms with E-state index in [2.05, 4.69) is 25.9 Å². The van der Waals surface area contributed by atoms with Gasteiger partial charge in [0.15, 0.2) is 0 Å². The van der Waals surface area contributed by atoms with Crippen molar-refractivity contribution in [3.8, 4) is 0 Å². The minimum Gasteiger partial charge on any atom is -0.265 e. The molecule has 104 valence electrons. The topological polar surface area (TPSA) is 38.7 Å². The Balaban J connectivity index is 1.92. The van der Waals surface area contributed by atoms with Crippen molar-refractivity contribution in [2.45, 2.75) is 38.0 Å². The molecule has 0 aliphatic heterocycles. The second-order valence-corrected chi connectivity index (χ2v) is 6.29. The van der Waals surface area contributed by atoms with Crippen molar-refractivity contribution < 1.29 is 0 Å². The van der Waals surface area contributed by atoms with Crippen LogP contribution in [0, 0.1) is 0 Å². The van der Waals surface area contributed by atoms with E-state index in [1.165, 1.54) is 25.7 Å². The smallest absolute Gasteiger partial charge is 0.147 e. The minimum absolute atomic E-state index is 0.515. The maximum atomic E-state index is 6.25. The molecular weight excluding hydrogens is 338 g/mol. The first-order valence-electron chi connectivity index (χ1n) is 6.85. The molecule has 0 unspecified atom stereocenters. The summed E-state index contributed by atoms with van der Waals surface area (Å²) in [5, 5.41) is 0.519. The van der Waals surface area contributed by atoms with E-state index in [1.807, 2.05) is 12.1 Å². The maximum absolute atomic E-state index is 6.25. The van der Waals surface area contributed by atoms with Crippen LogP contribution in [0.25, 0.3) is 0 Å². The van der Waals surface area contributed by atoms with Gasteiger partial charge in [0.05, 0.1) is 10.2 Å². The molecule has 3 nitrogen and oxygen atoms in total. The first-order valence-corrected chi connectivity index (χ1v) is 8.02. The van der Waals surface area contributed by atoms with Gasteiger partial charge in [-0.3, -0.25) is 4.98 Å². The standard InChI is InChI=1S/C15H15BrClN3/c16-13-14(11-3-1-2-4-11)19-12(20-15(13)17)9-10-5-7-18-8-6-10/h5-8,11H,1-4,9H2. The SMILES string of the molecule is Clc1nc(Cc2ccncc2)nc(C2CCCC2)c1Br. The molecule has 0 N–H and O–H groups in total. The molecule has 0 amide bonds. The van der Waals surface area contributed by atoms with Crippen LogP contribution in [0.5, 0.6) is 0 Å². The summed E-state index contributed by atoms with van der Waals surface area (Å²) in [6.07, 6.45) is 9.20. The molecule has 0 saturated heterocycles. The van der Waals surface area contributed by atoms with E-state index in [9.17, 15) is 0 Å². The van der Waals surface area contributed by atoms with Crippen molar-refractivity contribution in [1.29, 1.82) is 0 Å². The summed E-state index contributed by atoms with van der Waals surface area (Å²) in [4.78, 5) is 13.2. The highest BCUT2D eigenvalue weighted by molar-refractivity contribution is 9.10. The summed E-state index contributed by atoms with van der Waals surface area (Å²) in [5.41, 5.74) is 2.22. The summed E-state index contributed by atoms with van der Waals surface area (Å²) in [6.45, 7) is 0. The van der Waals surface area contributed by atoms with Crippen molar-refractivity contribution in [3.05, 3.63) is 51.2 Å². The molecule has 1 saturated carbocycles. The van der Waals surface area contributed by atoms with Crippen molar-refractivity contribution in [1.82, 2.24) is 15.0 Å². The zero-order valence-electron chi connectivity index (χ0n) is 11.0. The molecule has 20 heavy (non-hydrogen) atoms. The van der Waals surface area contributed by atoms with Crippen LogP contribution < -0.4 is 0 Å². The van der Waals surface area contributed by atoms with Gasteiger partial charge in [0.2, 0.25) is 0 Å². The van der Waals surface area contributed by atoms with Gasteiger partial charge in [-0.25, -0.2) is 9.97 Å². The summed E-state index contributed by atoms with van der Waals surface area (Å²) < 4.78 is 0.865. The number of pyridine rings is 1. The summed E-state index contributed by atoms with van der Waals surface area (Å²) in [6, 6.07) is 3.96. The van der Waals surface area contributed by atoms with Crippen LogP contribution >= 0.6 is 27.5 Å². The molecule has 0 bridgehead atoms. The number of hydrogen-bond donors (Lipinski definition) is 0. The van der Waals surface area contributed by atoms with Crippen LogP contribution in [0.15, 0.2) is 29.0 Å². The van der Waals surface area contributed by atoms with Crippen LogP contribution in [0.4, 0.5) is 0 Å². The third-order valence-electron chi connectivity index (χ3n) is 3.74. The van der Waals surface area contributed by atoms with Gasteiger partial charge in [0.25, 0.3) is 0 Å². The first-order chi connectivity index (χ1) is 9.74. The highest BCUT2D eigenvalue weighted by Crippen LogP contribution is 2.38. The van der Waals surface area contributed by atoms with Crippen LogP contribution in [0.1, 0.15) is 48.7 Å². The molecule has 2 aromatic rings. The Morgan fingerprint density at radius 1 is 1.15 bits per heavy atom. The second-order valence-electron chi connectivity index (χ2n) is 5.14. The van der Waals surface area contributed by atoms with E-state index in [-0.39, 0.29) is 0 Å². The zero-order valence-corrected chi connectivity index (χ0v) is 13.4. The highest BCUT2D eigenvalue weighted by Gasteiger charge is 2.23. The summed E-state index contributed by atoms with van der Waals surface area (Å²) >= 11 is 9.80. The highest BCUT2D eigenvalue weighted by atomic mass is 79.9. The molecule has 0 atom stereocenters. The fourth-order valence-corrected chi connectivity index (χ4v) is 3.41. The molecule has 3 rings (SSSR count). The Bertz CT molecular complexity index is 598. The molecule has 0 radical (unpaired) electrons. The van der Waals surface area contributed by atoms with Crippen LogP contribution in [-0.4, -0.2) is 15.0 Å². The Morgan fingerprint density at radius 2 is 1.85 bits per heavy atom. The van der Waals surface area contributed by atoms with E-state index in [1.54, 1.807) is 12.4 Å². The van der Waals surface area contributed by atoms with Gasteiger partial charge in [0, 0.05) is 24.7 Å². The Hall–Kier alpha value is -1.00. The van der Waals surface area contributed by atoms with Crippen molar-refractivity contribution in [2.24, 2.45) is 0 Å². The van der Waals surface area contributed by atoms with Gasteiger partial charge in [-0.2, -0.15) is 0 Å². The van der Waals surface area contributed by atoms with Crippen molar-refractivity contribution in [3.63, 3.8) is 0 Å². The van der Waals surface area contributed by atoms with E-state index in [0.717, 1.165) is 21.6 Å². The predicted molar refractivity (Wildman–Crippen MR) is 83.0 cm³/mol. The molecule has 1 aliphatic carbocycles. The largest absolute Gasteiger partial charge is 0.265 e. The fourth-order valence-electron chi connectivity index (χ4n) is 2.71. The third kappa shape index (κ3) is 3.01. The number of hydrogen-bond acceptors (Lipinski definition) is 3. The molecule has 2 aromatic heterocycles. The predicted octanol–water partition coefficient (Wildman–Crippen LogP) is 4.54. The normalized spacial score (nSPS) is 15.7. The molecule has 0 aromatic carbocycles. The second kappa shape index (κ2) is 6.19. The molecule has 0 spiro atoms. The quantitative estimate of drug-likeness (QED) is 0.761. The van der Waals surface area contributed by atoms with E-state index in [4.69, 9.17) is 16.6 Å². The summed E-state index contributed by atoms with van der Waals surface area (Å²) in [7, 11) is 0. The molecule has 1 fully saturated rings. The average Bonchev–Trinajstić information content (AvgIpc) is 2.98. The molecule has 2 heterocycles. The minimum atomic E-state index is 0.515. The van der Waals surface area contributed by atoms with Gasteiger partial charge < -0.3 is 0 Å². The number of nitrogens with zero attached hydrogens (tertiary/aromatic N) is 3. The first kappa shape index (κ1) is 14.0. The van der Waals surface area contributed by atoms with Gasteiger partial charge in [0.1, 0.15) is 11.0 Å². The van der Waals surface area contributed by atoms with Crippen LogP contribution in [0.2, 0.25) is 5.15 Å². The number of halogens is 2. The van der Waals surface area contributed by atoms with Crippen molar-refractivity contribution >= 4 is 27.5 Å². The lowest BCUT2D eigenvalue weighted by Crippen LogP contribution is -2.05. The van der Waals surface area contributed by atoms with Gasteiger partial charge in [-0.1, -0.05) is 24.4 Å². The molecule has 5 heteroatoms. The van der Waals surface area contributed by atoms with Crippen LogP contribution in [0.3, 0.4) is 0 Å². The lowest BCUT2D eigenvalue weighted by atomic mass is 10.0. The van der Waals surface area contributed by atoms with Crippen molar-refractivity contribution in [2.75, 3.05) is 0 Å². The van der Waals surface area contributed by atoms with E-state index in [0.29, 0.717) is 17.5 Å². The van der Waals surface area contributed by atoms with Gasteiger partial charge >= 0.3 is 0 Å². The zero-order chi connectivity index (χ0) is 13.9. The Morgan fingerprint density at radius 3 is 2.55 bits per heavy atom. The van der Waals surface area contributed by atoms with E-state index >= 15 is 0 Å². The summed E-state index contributed by atoms with van der Waals surface area (Å²) in [5.74, 6) is 1.30.